The zero-order chi connectivity index (χ0) is 33.8. The first-order valence-electron chi connectivity index (χ1n) is 14.6. The van der Waals surface area contributed by atoms with E-state index in [9.17, 15) is 14.5 Å². The van der Waals surface area contributed by atoms with Crippen LogP contribution in [0.4, 0.5) is 11.6 Å². The number of nitrogen functional groups attached to an aromatic ring is 2. The largest absolute Gasteiger partial charge is 1.00 e. The van der Waals surface area contributed by atoms with E-state index in [0.717, 1.165) is 0 Å². The second kappa shape index (κ2) is 17.5. The van der Waals surface area contributed by atoms with Gasteiger partial charge in [-0.15, -0.1) is 0 Å². The Morgan fingerprint density at radius 2 is 1.36 bits per heavy atom. The molecule has 4 heterocycles. The fraction of sp³-hybridized carbons (Fsp3) is 0.704. The van der Waals surface area contributed by atoms with Gasteiger partial charge in [-0.25, -0.2) is 9.59 Å². The Morgan fingerprint density at radius 1 is 0.872 bits per heavy atom. The van der Waals surface area contributed by atoms with Crippen molar-refractivity contribution in [2.75, 3.05) is 58.7 Å². The molecule has 0 radical (unpaired) electrons. The minimum absolute atomic E-state index is 0. The molecule has 20 heteroatoms. The summed E-state index contributed by atoms with van der Waals surface area (Å²) in [5, 5.41) is 0. The Hall–Kier alpha value is -1.35. The SMILES string of the molecule is COCCO[C@@H]1[C@H](C)[C@@H](COP([O-])(=S)O[C@H]2[C@@H](OCCOC)[C@H](n3cc(C)c(N)nc3=O)O[C@@H]2C)O[C@H]1n1cc(C)c(N)nc1=O.[Na+]. The second-order valence-corrected chi connectivity index (χ2v) is 13.8. The fourth-order valence-electron chi connectivity index (χ4n) is 5.25. The van der Waals surface area contributed by atoms with Crippen molar-refractivity contribution < 1.29 is 71.9 Å². The van der Waals surface area contributed by atoms with Gasteiger partial charge in [-0.05, 0) is 20.8 Å². The number of methoxy groups -OCH3 is 2. The van der Waals surface area contributed by atoms with Gasteiger partial charge in [-0.3, -0.25) is 9.13 Å². The van der Waals surface area contributed by atoms with Gasteiger partial charge in [0.05, 0.1) is 45.2 Å². The van der Waals surface area contributed by atoms with Crippen LogP contribution in [-0.4, -0.2) is 96.9 Å². The predicted molar refractivity (Wildman–Crippen MR) is 166 cm³/mol. The normalized spacial score (nSPS) is 28.7. The molecule has 4 N–H and O–H groups in total. The van der Waals surface area contributed by atoms with Gasteiger partial charge in [0.25, 0.3) is 0 Å². The topological polar surface area (TPSA) is 219 Å². The van der Waals surface area contributed by atoms with Crippen LogP contribution < -0.4 is 57.3 Å². The molecule has 2 aromatic heterocycles. The molecule has 2 fully saturated rings. The number of aromatic nitrogens is 4. The van der Waals surface area contributed by atoms with E-state index >= 15 is 0 Å². The molecule has 2 aromatic rings. The molecule has 2 aliphatic rings. The van der Waals surface area contributed by atoms with E-state index in [1.807, 2.05) is 6.92 Å². The Kier molecular flexibility index (Phi) is 15.0. The molecular weight excluding hydrogens is 670 g/mol. The molecule has 0 bridgehead atoms. The number of nitrogens with two attached hydrogens (primary N) is 2. The maximum Gasteiger partial charge on any atom is 1.00 e. The summed E-state index contributed by atoms with van der Waals surface area (Å²) < 4.78 is 48.6. The van der Waals surface area contributed by atoms with Crippen molar-refractivity contribution >= 4 is 30.2 Å². The number of nitrogens with zero attached hydrogens (tertiary/aromatic N) is 4. The first-order valence-corrected chi connectivity index (χ1v) is 17.2. The number of aryl methyl sites for hydroxylation is 2. The van der Waals surface area contributed by atoms with Crippen LogP contribution in [0.3, 0.4) is 0 Å². The second-order valence-electron chi connectivity index (χ2n) is 11.1. The average Bonchev–Trinajstić information content (AvgIpc) is 3.46. The zero-order valence-electron chi connectivity index (χ0n) is 27.6. The molecule has 1 unspecified atom stereocenters. The van der Waals surface area contributed by atoms with Gasteiger partial charge in [0, 0.05) is 43.7 Å². The number of hydrogen-bond donors (Lipinski definition) is 2. The summed E-state index contributed by atoms with van der Waals surface area (Å²) in [7, 11) is 3.05. The number of anilines is 2. The van der Waals surface area contributed by atoms with Crippen molar-refractivity contribution in [3.05, 3.63) is 44.5 Å². The summed E-state index contributed by atoms with van der Waals surface area (Å²) in [5.74, 6) is -0.152. The summed E-state index contributed by atoms with van der Waals surface area (Å²) in [4.78, 5) is 46.8. The number of ether oxygens (including phenoxy) is 6. The molecule has 0 spiro atoms. The summed E-state index contributed by atoms with van der Waals surface area (Å²) >= 11 is 5.30. The molecule has 9 atom stereocenters. The van der Waals surface area contributed by atoms with E-state index in [0.29, 0.717) is 17.7 Å². The maximum atomic E-state index is 13.6. The van der Waals surface area contributed by atoms with Crippen LogP contribution in [0.25, 0.3) is 0 Å². The van der Waals surface area contributed by atoms with Gasteiger partial charge in [0.1, 0.15) is 36.7 Å². The summed E-state index contributed by atoms with van der Waals surface area (Å²) in [6.45, 7) is 3.36. The first-order chi connectivity index (χ1) is 21.8. The Bertz CT molecular complexity index is 1520. The molecule has 17 nitrogen and oxygen atoms in total. The molecule has 2 aliphatic heterocycles. The van der Waals surface area contributed by atoms with Crippen molar-refractivity contribution in [3.8, 4) is 0 Å². The molecule has 47 heavy (non-hydrogen) atoms. The Balaban J connectivity index is 0.00000600. The first kappa shape index (κ1) is 40.1. The van der Waals surface area contributed by atoms with E-state index in [4.69, 9.17) is 60.7 Å². The van der Waals surface area contributed by atoms with Crippen LogP contribution >= 0.6 is 6.72 Å². The number of rotatable bonds is 15. The third kappa shape index (κ3) is 9.67. The third-order valence-corrected chi connectivity index (χ3v) is 9.40. The standard InChI is InChI=1S/C27H43N6O11PS.Na/c1-14-11-32(26(34)30-22(14)28)24-19(39-9-7-37-5)16(3)18(43-24)13-41-45(36,46)44-20-17(4)42-25(21(20)40-10-8-38-6)33-12-15(2)23(29)31-27(33)35;/h11-12,16-21,24-25H,7-10,13H2,1-6H3,(H,36,46)(H2,28,30,34)(H2,29,31,35);/q;+1/p-1/t16-,17-,18-,19-,20-,21-,24-,25-,45?;/m1./s1. The van der Waals surface area contributed by atoms with E-state index < -0.39 is 61.1 Å². The van der Waals surface area contributed by atoms with Crippen molar-refractivity contribution in [1.29, 1.82) is 0 Å². The van der Waals surface area contributed by atoms with Gasteiger partial charge in [0.2, 0.25) is 0 Å². The van der Waals surface area contributed by atoms with Crippen LogP contribution in [0.15, 0.2) is 22.0 Å². The Labute approximate surface area is 299 Å². The van der Waals surface area contributed by atoms with E-state index in [2.05, 4.69) is 9.97 Å². The van der Waals surface area contributed by atoms with E-state index in [1.54, 1.807) is 34.1 Å². The molecule has 0 aliphatic carbocycles. The van der Waals surface area contributed by atoms with Crippen molar-refractivity contribution in [2.45, 2.75) is 70.7 Å². The summed E-state index contributed by atoms with van der Waals surface area (Å²) in [6, 6.07) is 0. The van der Waals surface area contributed by atoms with Crippen LogP contribution in [0.5, 0.6) is 0 Å². The zero-order valence-corrected chi connectivity index (χ0v) is 31.3. The van der Waals surface area contributed by atoms with Gasteiger partial charge < -0.3 is 53.8 Å². The van der Waals surface area contributed by atoms with Crippen molar-refractivity contribution in [2.24, 2.45) is 5.92 Å². The Morgan fingerprint density at radius 3 is 1.87 bits per heavy atom. The third-order valence-electron chi connectivity index (χ3n) is 7.86. The smallest absolute Gasteiger partial charge is 0.780 e. The molecular formula is C27H42N6NaO11PS. The van der Waals surface area contributed by atoms with Crippen molar-refractivity contribution in [1.82, 2.24) is 19.1 Å². The van der Waals surface area contributed by atoms with E-state index in [-0.39, 0.29) is 73.5 Å². The maximum absolute atomic E-state index is 13.6. The minimum Gasteiger partial charge on any atom is -0.780 e. The van der Waals surface area contributed by atoms with Crippen LogP contribution in [0, 0.1) is 19.8 Å². The van der Waals surface area contributed by atoms with E-state index in [1.165, 1.54) is 22.4 Å². The quantitative estimate of drug-likeness (QED) is 0.105. The molecule has 0 amide bonds. The summed E-state index contributed by atoms with van der Waals surface area (Å²) in [5.41, 5.74) is 11.5. The van der Waals surface area contributed by atoms with Crippen LogP contribution in [-0.2, 0) is 49.3 Å². The molecule has 258 valence electrons. The minimum atomic E-state index is -4.21. The molecule has 4 rings (SSSR count). The van der Waals surface area contributed by atoms with Crippen molar-refractivity contribution in [3.63, 3.8) is 0 Å². The molecule has 0 saturated carbocycles. The average molecular weight is 713 g/mol. The summed E-state index contributed by atoms with van der Waals surface area (Å²) in [6.07, 6.45) is -2.82. The van der Waals surface area contributed by atoms with Crippen LogP contribution in [0.2, 0.25) is 0 Å². The monoisotopic (exact) mass is 712 g/mol. The predicted octanol–water partition coefficient (Wildman–Crippen LogP) is -3.21. The van der Waals surface area contributed by atoms with Gasteiger partial charge >= 0.3 is 40.9 Å². The molecule has 2 saturated heterocycles. The van der Waals surface area contributed by atoms with Gasteiger partial charge in [-0.1, -0.05) is 18.7 Å². The number of hydrogen-bond acceptors (Lipinski definition) is 16. The van der Waals surface area contributed by atoms with Gasteiger partial charge in [0.15, 0.2) is 12.5 Å². The molecule has 0 aromatic carbocycles. The van der Waals surface area contributed by atoms with Gasteiger partial charge in [-0.2, -0.15) is 9.97 Å². The van der Waals surface area contributed by atoms with Crippen LogP contribution in [0.1, 0.15) is 37.4 Å². The fourth-order valence-corrected chi connectivity index (χ4v) is 6.71.